The zero-order valence-corrected chi connectivity index (χ0v) is 7.95. The van der Waals surface area contributed by atoms with Gasteiger partial charge in [-0.1, -0.05) is 0 Å². The standard InChI is InChI=1S/C10H16N2O/c1-12-7-2-4-9(12)10(13)5-3-6-11-8-10/h2,4,7,11,13H,3,5-6,8H2,1H3. The van der Waals surface area contributed by atoms with Crippen LogP contribution in [0.15, 0.2) is 18.3 Å². The molecule has 1 aromatic heterocycles. The van der Waals surface area contributed by atoms with Crippen LogP contribution in [0.1, 0.15) is 18.5 Å². The number of piperidine rings is 1. The van der Waals surface area contributed by atoms with Crippen molar-refractivity contribution in [2.45, 2.75) is 18.4 Å². The molecule has 0 spiro atoms. The maximum Gasteiger partial charge on any atom is 0.117 e. The van der Waals surface area contributed by atoms with Crippen LogP contribution in [0.3, 0.4) is 0 Å². The lowest BCUT2D eigenvalue weighted by Gasteiger charge is -2.33. The molecule has 3 heteroatoms. The highest BCUT2D eigenvalue weighted by Crippen LogP contribution is 2.27. The van der Waals surface area contributed by atoms with E-state index in [0.717, 1.165) is 25.1 Å². The van der Waals surface area contributed by atoms with Gasteiger partial charge in [-0.05, 0) is 31.5 Å². The first-order valence-corrected chi connectivity index (χ1v) is 4.77. The van der Waals surface area contributed by atoms with Crippen LogP contribution in [-0.4, -0.2) is 22.8 Å². The second-order valence-electron chi connectivity index (χ2n) is 3.82. The molecule has 0 amide bonds. The third-order valence-electron chi connectivity index (χ3n) is 2.78. The monoisotopic (exact) mass is 180 g/mol. The number of hydrogen-bond donors (Lipinski definition) is 2. The second kappa shape index (κ2) is 3.16. The average Bonchev–Trinajstić information content (AvgIpc) is 2.53. The molecule has 1 saturated heterocycles. The molecule has 1 atom stereocenters. The number of hydrogen-bond acceptors (Lipinski definition) is 2. The molecule has 0 aromatic carbocycles. The summed E-state index contributed by atoms with van der Waals surface area (Å²) in [6, 6.07) is 3.97. The molecule has 13 heavy (non-hydrogen) atoms. The van der Waals surface area contributed by atoms with Crippen LogP contribution < -0.4 is 5.32 Å². The molecule has 0 aliphatic carbocycles. The Hall–Kier alpha value is -0.800. The van der Waals surface area contributed by atoms with Gasteiger partial charge < -0.3 is 15.0 Å². The van der Waals surface area contributed by atoms with E-state index in [1.165, 1.54) is 0 Å². The summed E-state index contributed by atoms with van der Waals surface area (Å²) < 4.78 is 1.99. The molecule has 72 valence electrons. The minimum atomic E-state index is -0.656. The van der Waals surface area contributed by atoms with Crippen LogP contribution in [0.2, 0.25) is 0 Å². The third kappa shape index (κ3) is 1.49. The van der Waals surface area contributed by atoms with Gasteiger partial charge in [-0.2, -0.15) is 0 Å². The largest absolute Gasteiger partial charge is 0.382 e. The van der Waals surface area contributed by atoms with E-state index >= 15 is 0 Å². The lowest BCUT2D eigenvalue weighted by atomic mass is 9.91. The fraction of sp³-hybridized carbons (Fsp3) is 0.600. The highest BCUT2D eigenvalue weighted by Gasteiger charge is 2.32. The van der Waals surface area contributed by atoms with E-state index in [0.29, 0.717) is 6.54 Å². The molecule has 0 radical (unpaired) electrons. The van der Waals surface area contributed by atoms with Crippen molar-refractivity contribution < 1.29 is 5.11 Å². The Balaban J connectivity index is 2.27. The van der Waals surface area contributed by atoms with E-state index in [1.54, 1.807) is 0 Å². The van der Waals surface area contributed by atoms with Crippen LogP contribution >= 0.6 is 0 Å². The molecular formula is C10H16N2O. The van der Waals surface area contributed by atoms with Gasteiger partial charge in [0, 0.05) is 19.8 Å². The minimum Gasteiger partial charge on any atom is -0.382 e. The molecule has 0 bridgehead atoms. The van der Waals surface area contributed by atoms with Crippen molar-refractivity contribution in [3.63, 3.8) is 0 Å². The van der Waals surface area contributed by atoms with Crippen molar-refractivity contribution in [2.24, 2.45) is 7.05 Å². The lowest BCUT2D eigenvalue weighted by molar-refractivity contribution is 0.00578. The maximum atomic E-state index is 10.3. The zero-order valence-electron chi connectivity index (χ0n) is 7.95. The van der Waals surface area contributed by atoms with Gasteiger partial charge in [0.2, 0.25) is 0 Å². The van der Waals surface area contributed by atoms with Crippen molar-refractivity contribution in [1.29, 1.82) is 0 Å². The molecule has 0 saturated carbocycles. The highest BCUT2D eigenvalue weighted by molar-refractivity contribution is 5.17. The molecule has 2 rings (SSSR count). The summed E-state index contributed by atoms with van der Waals surface area (Å²) in [5.74, 6) is 0. The minimum absolute atomic E-state index is 0.656. The van der Waals surface area contributed by atoms with Gasteiger partial charge >= 0.3 is 0 Å². The molecule has 1 aliphatic heterocycles. The first kappa shape index (κ1) is 8.78. The van der Waals surface area contributed by atoms with Crippen LogP contribution in [0.5, 0.6) is 0 Å². The molecule has 1 unspecified atom stereocenters. The van der Waals surface area contributed by atoms with E-state index in [9.17, 15) is 5.11 Å². The lowest BCUT2D eigenvalue weighted by Crippen LogP contribution is -2.44. The van der Waals surface area contributed by atoms with Gasteiger partial charge in [0.25, 0.3) is 0 Å². The normalized spacial score (nSPS) is 29.1. The van der Waals surface area contributed by atoms with E-state index in [1.807, 2.05) is 29.9 Å². The first-order valence-electron chi connectivity index (χ1n) is 4.77. The predicted molar refractivity (Wildman–Crippen MR) is 51.4 cm³/mol. The van der Waals surface area contributed by atoms with E-state index in [4.69, 9.17) is 0 Å². The average molecular weight is 180 g/mol. The van der Waals surface area contributed by atoms with Gasteiger partial charge in [0.1, 0.15) is 5.60 Å². The van der Waals surface area contributed by atoms with Gasteiger partial charge in [-0.15, -0.1) is 0 Å². The van der Waals surface area contributed by atoms with Gasteiger partial charge in [-0.25, -0.2) is 0 Å². The molecule has 1 fully saturated rings. The smallest absolute Gasteiger partial charge is 0.117 e. The zero-order chi connectivity index (χ0) is 9.31. The quantitative estimate of drug-likeness (QED) is 0.664. The van der Waals surface area contributed by atoms with Crippen LogP contribution in [-0.2, 0) is 12.6 Å². The van der Waals surface area contributed by atoms with E-state index < -0.39 is 5.60 Å². The van der Waals surface area contributed by atoms with Gasteiger partial charge in [-0.3, -0.25) is 0 Å². The summed E-state index contributed by atoms with van der Waals surface area (Å²) in [4.78, 5) is 0. The third-order valence-corrected chi connectivity index (χ3v) is 2.78. The Labute approximate surface area is 78.4 Å². The number of β-amino-alcohol motifs (C(OH)–C–C–N with tert-alkyl or cyclic N) is 1. The van der Waals surface area contributed by atoms with Crippen molar-refractivity contribution in [2.75, 3.05) is 13.1 Å². The number of nitrogens with zero attached hydrogens (tertiary/aromatic N) is 1. The molecule has 2 N–H and O–H groups in total. The number of aliphatic hydroxyl groups is 1. The summed E-state index contributed by atoms with van der Waals surface area (Å²) in [6.07, 6.45) is 3.88. The van der Waals surface area contributed by atoms with Gasteiger partial charge in [0.05, 0.1) is 5.69 Å². The fourth-order valence-electron chi connectivity index (χ4n) is 2.05. The highest BCUT2D eigenvalue weighted by atomic mass is 16.3. The molecule has 2 heterocycles. The van der Waals surface area contributed by atoms with Crippen LogP contribution in [0.25, 0.3) is 0 Å². The van der Waals surface area contributed by atoms with Crippen LogP contribution in [0, 0.1) is 0 Å². The molecule has 3 nitrogen and oxygen atoms in total. The number of aromatic nitrogens is 1. The Kier molecular flexibility index (Phi) is 2.14. The molecule has 1 aromatic rings. The summed E-state index contributed by atoms with van der Waals surface area (Å²) in [6.45, 7) is 1.69. The van der Waals surface area contributed by atoms with Crippen molar-refractivity contribution >= 4 is 0 Å². The number of aryl methyl sites for hydroxylation is 1. The van der Waals surface area contributed by atoms with Crippen molar-refractivity contribution in [3.05, 3.63) is 24.0 Å². The molecular weight excluding hydrogens is 164 g/mol. The van der Waals surface area contributed by atoms with E-state index in [2.05, 4.69) is 5.32 Å². The van der Waals surface area contributed by atoms with Crippen molar-refractivity contribution in [3.8, 4) is 0 Å². The Morgan fingerprint density at radius 1 is 1.62 bits per heavy atom. The summed E-state index contributed by atoms with van der Waals surface area (Å²) >= 11 is 0. The van der Waals surface area contributed by atoms with Crippen molar-refractivity contribution in [1.82, 2.24) is 9.88 Å². The van der Waals surface area contributed by atoms with Gasteiger partial charge in [0.15, 0.2) is 0 Å². The predicted octanol–water partition coefficient (Wildman–Crippen LogP) is 0.596. The Bertz CT molecular complexity index is 287. The van der Waals surface area contributed by atoms with Crippen LogP contribution in [0.4, 0.5) is 0 Å². The number of rotatable bonds is 1. The SMILES string of the molecule is Cn1cccc1C1(O)CCCNC1. The first-order chi connectivity index (χ1) is 6.22. The summed E-state index contributed by atoms with van der Waals surface area (Å²) in [7, 11) is 1.97. The summed E-state index contributed by atoms with van der Waals surface area (Å²) in [5.41, 5.74) is 0.357. The van der Waals surface area contributed by atoms with E-state index in [-0.39, 0.29) is 0 Å². The summed E-state index contributed by atoms with van der Waals surface area (Å²) in [5, 5.41) is 13.6. The topological polar surface area (TPSA) is 37.2 Å². The Morgan fingerprint density at radius 2 is 2.46 bits per heavy atom. The second-order valence-corrected chi connectivity index (χ2v) is 3.82. The number of nitrogens with one attached hydrogen (secondary N) is 1. The Morgan fingerprint density at radius 3 is 3.00 bits per heavy atom. The fourth-order valence-corrected chi connectivity index (χ4v) is 2.05. The molecule has 1 aliphatic rings. The maximum absolute atomic E-state index is 10.3.